The number of aliphatic hydroxyl groups is 1. The summed E-state index contributed by atoms with van der Waals surface area (Å²) < 4.78 is 10.3. The maximum atomic E-state index is 11.5. The highest BCUT2D eigenvalue weighted by Crippen LogP contribution is 2.28. The molecule has 1 atom stereocenters. The molecule has 6 nitrogen and oxygen atoms in total. The minimum absolute atomic E-state index is 0.0987. The lowest BCUT2D eigenvalue weighted by molar-refractivity contribution is 0.169. The third-order valence-corrected chi connectivity index (χ3v) is 3.07. The van der Waals surface area contributed by atoms with E-state index in [1.165, 1.54) is 7.11 Å². The van der Waals surface area contributed by atoms with E-state index in [0.717, 1.165) is 12.8 Å². The van der Waals surface area contributed by atoms with Crippen LogP contribution in [0.5, 0.6) is 11.5 Å². The fraction of sp³-hybridized carbons (Fsp3) is 0.533. The molecular weight excluding hydrogens is 272 g/mol. The normalized spacial score (nSPS) is 11.6. The average Bonchev–Trinajstić information content (AvgIpc) is 2.52. The number of hydrogen-bond acceptors (Lipinski definition) is 4. The van der Waals surface area contributed by atoms with Crippen molar-refractivity contribution in [1.82, 2.24) is 10.6 Å². The molecule has 21 heavy (non-hydrogen) atoms. The molecule has 0 aliphatic carbocycles. The maximum absolute atomic E-state index is 11.5. The number of nitrogens with one attached hydrogen (secondary N) is 2. The van der Waals surface area contributed by atoms with Crippen LogP contribution in [0.25, 0.3) is 0 Å². The van der Waals surface area contributed by atoms with Gasteiger partial charge in [0.05, 0.1) is 14.2 Å². The van der Waals surface area contributed by atoms with Gasteiger partial charge < -0.3 is 25.2 Å². The lowest BCUT2D eigenvalue weighted by atomic mass is 10.1. The van der Waals surface area contributed by atoms with Crippen LogP contribution < -0.4 is 20.1 Å². The molecule has 1 aromatic rings. The topological polar surface area (TPSA) is 79.8 Å². The van der Waals surface area contributed by atoms with Gasteiger partial charge in [-0.25, -0.2) is 4.79 Å². The van der Waals surface area contributed by atoms with Gasteiger partial charge in [0, 0.05) is 18.7 Å². The minimum atomic E-state index is -0.869. The molecule has 0 radical (unpaired) electrons. The van der Waals surface area contributed by atoms with Crippen LogP contribution in [-0.2, 0) is 0 Å². The Bertz CT molecular complexity index is 451. The van der Waals surface area contributed by atoms with Crippen molar-refractivity contribution in [2.45, 2.75) is 25.9 Å². The van der Waals surface area contributed by atoms with Gasteiger partial charge in [-0.1, -0.05) is 13.3 Å². The first-order valence-corrected chi connectivity index (χ1v) is 7.04. The van der Waals surface area contributed by atoms with Crippen LogP contribution in [0.1, 0.15) is 31.4 Å². The van der Waals surface area contributed by atoms with Crippen LogP contribution in [0, 0.1) is 0 Å². The largest absolute Gasteiger partial charge is 0.497 e. The minimum Gasteiger partial charge on any atom is -0.497 e. The molecule has 0 aromatic heterocycles. The van der Waals surface area contributed by atoms with Gasteiger partial charge in [0.1, 0.15) is 17.6 Å². The van der Waals surface area contributed by atoms with Gasteiger partial charge >= 0.3 is 6.03 Å². The summed E-state index contributed by atoms with van der Waals surface area (Å²) in [5.41, 5.74) is 0.575. The Morgan fingerprint density at radius 3 is 2.67 bits per heavy atom. The second-order valence-electron chi connectivity index (χ2n) is 4.61. The number of urea groups is 1. The first-order valence-electron chi connectivity index (χ1n) is 7.04. The van der Waals surface area contributed by atoms with E-state index in [0.29, 0.717) is 23.6 Å². The van der Waals surface area contributed by atoms with Crippen LogP contribution in [0.3, 0.4) is 0 Å². The van der Waals surface area contributed by atoms with Crippen molar-refractivity contribution in [2.24, 2.45) is 0 Å². The fourth-order valence-corrected chi connectivity index (χ4v) is 1.84. The summed E-state index contributed by atoms with van der Waals surface area (Å²) >= 11 is 0. The predicted octanol–water partition coefficient (Wildman–Crippen LogP) is 1.84. The van der Waals surface area contributed by atoms with E-state index in [2.05, 4.69) is 17.6 Å². The summed E-state index contributed by atoms with van der Waals surface area (Å²) in [6.07, 6.45) is 1.08. The molecule has 0 fully saturated rings. The Labute approximate surface area is 125 Å². The molecule has 1 rings (SSSR count). The molecule has 0 saturated carbocycles. The summed E-state index contributed by atoms with van der Waals surface area (Å²) in [6, 6.07) is 4.88. The highest BCUT2D eigenvalue weighted by atomic mass is 16.5. The molecule has 2 amide bonds. The van der Waals surface area contributed by atoms with Gasteiger partial charge in [-0.3, -0.25) is 0 Å². The van der Waals surface area contributed by atoms with Gasteiger partial charge in [0.2, 0.25) is 0 Å². The highest BCUT2D eigenvalue weighted by Gasteiger charge is 2.15. The van der Waals surface area contributed by atoms with Crippen LogP contribution in [0.2, 0.25) is 0 Å². The summed E-state index contributed by atoms with van der Waals surface area (Å²) in [7, 11) is 3.08. The first-order chi connectivity index (χ1) is 10.1. The third-order valence-electron chi connectivity index (χ3n) is 3.07. The van der Waals surface area contributed by atoms with Crippen molar-refractivity contribution < 1.29 is 19.4 Å². The van der Waals surface area contributed by atoms with E-state index in [1.807, 2.05) is 0 Å². The van der Waals surface area contributed by atoms with E-state index in [9.17, 15) is 9.90 Å². The Hall–Kier alpha value is -1.95. The Balaban J connectivity index is 2.58. The lowest BCUT2D eigenvalue weighted by Gasteiger charge is -2.16. The number of carbonyl (C=O) groups is 1. The number of aliphatic hydroxyl groups excluding tert-OH is 1. The number of amides is 2. The molecule has 0 aliphatic heterocycles. The number of methoxy groups -OCH3 is 2. The van der Waals surface area contributed by atoms with Gasteiger partial charge in [0.15, 0.2) is 0 Å². The first kappa shape index (κ1) is 17.1. The molecule has 0 aliphatic rings. The van der Waals surface area contributed by atoms with E-state index in [1.54, 1.807) is 25.3 Å². The van der Waals surface area contributed by atoms with E-state index >= 15 is 0 Å². The second kappa shape index (κ2) is 9.07. The molecule has 0 bridgehead atoms. The summed E-state index contributed by atoms with van der Waals surface area (Å²) in [6.45, 7) is 2.78. The molecule has 6 heteroatoms. The Morgan fingerprint density at radius 2 is 2.05 bits per heavy atom. The summed E-state index contributed by atoms with van der Waals surface area (Å²) in [5.74, 6) is 1.17. The van der Waals surface area contributed by atoms with Gasteiger partial charge in [0.25, 0.3) is 0 Å². The van der Waals surface area contributed by atoms with Crippen molar-refractivity contribution in [3.63, 3.8) is 0 Å². The van der Waals surface area contributed by atoms with Crippen molar-refractivity contribution in [1.29, 1.82) is 0 Å². The average molecular weight is 296 g/mol. The van der Waals surface area contributed by atoms with Crippen LogP contribution in [0.4, 0.5) is 4.79 Å². The Kier molecular flexibility index (Phi) is 7.39. The zero-order valence-electron chi connectivity index (χ0n) is 12.8. The van der Waals surface area contributed by atoms with Crippen molar-refractivity contribution in [3.8, 4) is 11.5 Å². The number of rotatable bonds is 8. The summed E-state index contributed by atoms with van der Waals surface area (Å²) in [5, 5.41) is 15.6. The lowest BCUT2D eigenvalue weighted by Crippen LogP contribution is -2.38. The number of carbonyl (C=O) groups excluding carboxylic acids is 1. The Morgan fingerprint density at radius 1 is 1.29 bits per heavy atom. The molecule has 3 N–H and O–H groups in total. The van der Waals surface area contributed by atoms with Crippen LogP contribution in [0.15, 0.2) is 18.2 Å². The molecule has 0 heterocycles. The number of unbranched alkanes of at least 4 members (excludes halogenated alkanes) is 1. The number of ether oxygens (including phenoxy) is 2. The second-order valence-corrected chi connectivity index (χ2v) is 4.61. The summed E-state index contributed by atoms with van der Waals surface area (Å²) in [4.78, 5) is 11.5. The van der Waals surface area contributed by atoms with Crippen molar-refractivity contribution in [2.75, 3.05) is 27.3 Å². The SMILES string of the molecule is CCCCNC(=O)NCC(O)c1cc(OC)ccc1OC. The van der Waals surface area contributed by atoms with Crippen LogP contribution in [-0.4, -0.2) is 38.4 Å². The number of hydrogen-bond donors (Lipinski definition) is 3. The standard InChI is InChI=1S/C15H24N2O4/c1-4-5-8-16-15(19)17-10-13(18)12-9-11(20-2)6-7-14(12)21-3/h6-7,9,13,18H,4-5,8,10H2,1-3H3,(H2,16,17,19). The number of benzene rings is 1. The van der Waals surface area contributed by atoms with E-state index < -0.39 is 6.10 Å². The molecule has 0 saturated heterocycles. The fourth-order valence-electron chi connectivity index (χ4n) is 1.84. The van der Waals surface area contributed by atoms with Crippen LogP contribution >= 0.6 is 0 Å². The van der Waals surface area contributed by atoms with Gasteiger partial charge in [-0.2, -0.15) is 0 Å². The predicted molar refractivity (Wildman–Crippen MR) is 80.8 cm³/mol. The smallest absolute Gasteiger partial charge is 0.314 e. The molecule has 118 valence electrons. The monoisotopic (exact) mass is 296 g/mol. The molecule has 1 unspecified atom stereocenters. The third kappa shape index (κ3) is 5.51. The molecular formula is C15H24N2O4. The van der Waals surface area contributed by atoms with Crippen molar-refractivity contribution in [3.05, 3.63) is 23.8 Å². The van der Waals surface area contributed by atoms with Crippen molar-refractivity contribution >= 4 is 6.03 Å². The van der Waals surface area contributed by atoms with E-state index in [4.69, 9.17) is 9.47 Å². The maximum Gasteiger partial charge on any atom is 0.314 e. The zero-order valence-corrected chi connectivity index (χ0v) is 12.8. The quantitative estimate of drug-likeness (QED) is 0.639. The molecule has 0 spiro atoms. The molecule has 1 aromatic carbocycles. The van der Waals surface area contributed by atoms with Gasteiger partial charge in [-0.05, 0) is 24.6 Å². The van der Waals surface area contributed by atoms with E-state index in [-0.39, 0.29) is 12.6 Å². The highest BCUT2D eigenvalue weighted by molar-refractivity contribution is 5.73. The zero-order chi connectivity index (χ0) is 15.7. The van der Waals surface area contributed by atoms with Gasteiger partial charge in [-0.15, -0.1) is 0 Å².